The van der Waals surface area contributed by atoms with Gasteiger partial charge in [0.15, 0.2) is 5.96 Å². The Kier molecular flexibility index (Phi) is 10.4. The minimum atomic E-state index is -0.454. The van der Waals surface area contributed by atoms with Crippen LogP contribution in [0.3, 0.4) is 0 Å². The van der Waals surface area contributed by atoms with E-state index in [4.69, 9.17) is 9.47 Å². The summed E-state index contributed by atoms with van der Waals surface area (Å²) in [7, 11) is 3.00. The second kappa shape index (κ2) is 13.5. The molecule has 0 spiro atoms. The summed E-state index contributed by atoms with van der Waals surface area (Å²) >= 11 is 0. The third-order valence-corrected chi connectivity index (χ3v) is 6.93. The van der Waals surface area contributed by atoms with Crippen molar-refractivity contribution >= 4 is 11.9 Å². The number of guanidine groups is 1. The summed E-state index contributed by atoms with van der Waals surface area (Å²) in [6, 6.07) is 4.67. The topological polar surface area (TPSA) is 72.4 Å². The van der Waals surface area contributed by atoms with Crippen LogP contribution in [0.4, 0.5) is 4.39 Å². The molecule has 4 rings (SSSR count). The molecule has 7 nitrogen and oxygen atoms in total. The highest BCUT2D eigenvalue weighted by Crippen LogP contribution is 2.49. The van der Waals surface area contributed by atoms with Crippen molar-refractivity contribution in [3.8, 4) is 5.75 Å². The number of piperidine rings is 1. The van der Waals surface area contributed by atoms with E-state index in [1.54, 1.807) is 19.2 Å². The summed E-state index contributed by atoms with van der Waals surface area (Å²) in [4.78, 5) is 18.4. The van der Waals surface area contributed by atoms with Gasteiger partial charge in [-0.25, -0.2) is 9.38 Å². The maximum atomic E-state index is 14.2. The van der Waals surface area contributed by atoms with Crippen molar-refractivity contribution < 1.29 is 23.4 Å². The van der Waals surface area contributed by atoms with E-state index in [0.29, 0.717) is 37.0 Å². The minimum absolute atomic E-state index is 0.0693. The molecule has 0 amide bonds. The fourth-order valence-corrected chi connectivity index (χ4v) is 4.94. The van der Waals surface area contributed by atoms with Crippen molar-refractivity contribution in [1.29, 1.82) is 0 Å². The van der Waals surface area contributed by atoms with Crippen molar-refractivity contribution in [3.05, 3.63) is 41.4 Å². The van der Waals surface area contributed by atoms with Crippen LogP contribution in [0.1, 0.15) is 45.1 Å². The Morgan fingerprint density at radius 1 is 1.23 bits per heavy atom. The first-order valence-corrected chi connectivity index (χ1v) is 12.8. The van der Waals surface area contributed by atoms with Gasteiger partial charge in [0, 0.05) is 32.5 Å². The smallest absolute Gasteiger partial charge is 0.310 e. The number of nitrogens with one attached hydrogen (secondary N) is 1. The van der Waals surface area contributed by atoms with Gasteiger partial charge in [0.25, 0.3) is 0 Å². The largest absolute Gasteiger partial charge is 0.493 e. The number of benzene rings is 1. The van der Waals surface area contributed by atoms with E-state index >= 15 is 0 Å². The standard InChI is InChI=1S/C25H34FN3O4.C2H6/c1-31-16-17-14-27-25(28-15-17)29-8-5-18(6-9-29)22-11-19(22)7-10-33-21-4-3-20(23(26)13-21)12-24(30)32-2;1-2/h3-4,13-14,18-19,22H,5-12,15-16H2,1-2H3,(H,27,28);1-2H3/t19-,22-;/m1./s1. The molecule has 1 aromatic rings. The van der Waals surface area contributed by atoms with E-state index < -0.39 is 11.8 Å². The molecule has 8 heteroatoms. The van der Waals surface area contributed by atoms with Gasteiger partial charge >= 0.3 is 5.97 Å². The molecule has 2 fully saturated rings. The Morgan fingerprint density at radius 3 is 2.63 bits per heavy atom. The summed E-state index contributed by atoms with van der Waals surface area (Å²) in [6.07, 6.45) is 6.61. The second-order valence-electron chi connectivity index (χ2n) is 9.15. The summed E-state index contributed by atoms with van der Waals surface area (Å²) in [6.45, 7) is 8.00. The lowest BCUT2D eigenvalue weighted by atomic mass is 9.90. The van der Waals surface area contributed by atoms with Gasteiger partial charge in [0.1, 0.15) is 11.6 Å². The predicted octanol–water partition coefficient (Wildman–Crippen LogP) is 4.17. The van der Waals surface area contributed by atoms with Crippen LogP contribution in [0, 0.1) is 23.6 Å². The molecule has 35 heavy (non-hydrogen) atoms. The number of halogens is 1. The maximum Gasteiger partial charge on any atom is 0.310 e. The number of rotatable bonds is 9. The number of carbonyl (C=O) groups excluding carboxylic acids is 1. The van der Waals surface area contributed by atoms with Gasteiger partial charge in [-0.15, -0.1) is 0 Å². The van der Waals surface area contributed by atoms with E-state index in [-0.39, 0.29) is 6.42 Å². The highest BCUT2D eigenvalue weighted by molar-refractivity contribution is 5.82. The van der Waals surface area contributed by atoms with E-state index in [1.165, 1.54) is 38.0 Å². The molecule has 1 aromatic carbocycles. The maximum absolute atomic E-state index is 14.2. The Labute approximate surface area is 208 Å². The van der Waals surface area contributed by atoms with Gasteiger partial charge in [-0.1, -0.05) is 19.9 Å². The average Bonchev–Trinajstić information content (AvgIpc) is 3.67. The van der Waals surface area contributed by atoms with Crippen LogP contribution in [0.25, 0.3) is 0 Å². The molecule has 2 aliphatic heterocycles. The van der Waals surface area contributed by atoms with Gasteiger partial charge in [0.05, 0.1) is 33.3 Å². The number of ether oxygens (including phenoxy) is 3. The quantitative estimate of drug-likeness (QED) is 0.525. The summed E-state index contributed by atoms with van der Waals surface area (Å²) < 4.78 is 29.7. The first kappa shape index (κ1) is 27.0. The molecular formula is C27H40FN3O4. The Bertz CT molecular complexity index is 896. The van der Waals surface area contributed by atoms with Gasteiger partial charge in [-0.3, -0.25) is 4.79 Å². The number of likely N-dealkylation sites (tertiary alicyclic amines) is 1. The molecule has 1 saturated carbocycles. The summed E-state index contributed by atoms with van der Waals surface area (Å²) in [5.74, 6) is 2.86. The van der Waals surface area contributed by atoms with Crippen LogP contribution >= 0.6 is 0 Å². The Balaban J connectivity index is 0.00000167. The molecule has 3 aliphatic rings. The molecule has 2 heterocycles. The predicted molar refractivity (Wildman–Crippen MR) is 135 cm³/mol. The van der Waals surface area contributed by atoms with E-state index in [2.05, 4.69) is 19.9 Å². The van der Waals surface area contributed by atoms with Crippen molar-refractivity contribution in [2.45, 2.75) is 46.0 Å². The number of methoxy groups -OCH3 is 2. The lowest BCUT2D eigenvalue weighted by molar-refractivity contribution is -0.139. The number of hydrogen-bond acceptors (Lipinski definition) is 7. The van der Waals surface area contributed by atoms with Crippen molar-refractivity contribution in [3.63, 3.8) is 0 Å². The molecule has 1 N–H and O–H groups in total. The average molecular weight is 490 g/mol. The van der Waals surface area contributed by atoms with Gasteiger partial charge < -0.3 is 24.4 Å². The first-order valence-electron chi connectivity index (χ1n) is 12.8. The number of hydrogen-bond donors (Lipinski definition) is 1. The third-order valence-electron chi connectivity index (χ3n) is 6.93. The third kappa shape index (κ3) is 7.69. The molecule has 1 aliphatic carbocycles. The van der Waals surface area contributed by atoms with Crippen molar-refractivity contribution in [2.75, 3.05) is 47.1 Å². The van der Waals surface area contributed by atoms with Crippen LogP contribution in [0.2, 0.25) is 0 Å². The molecule has 0 unspecified atom stereocenters. The van der Waals surface area contributed by atoms with Gasteiger partial charge in [-0.2, -0.15) is 0 Å². The zero-order valence-corrected chi connectivity index (χ0v) is 21.5. The van der Waals surface area contributed by atoms with Crippen LogP contribution in [0.15, 0.2) is 35.0 Å². The molecule has 0 radical (unpaired) electrons. The zero-order chi connectivity index (χ0) is 25.2. The van der Waals surface area contributed by atoms with Crippen molar-refractivity contribution in [1.82, 2.24) is 10.2 Å². The van der Waals surface area contributed by atoms with E-state index in [1.807, 2.05) is 20.0 Å². The Hall–Kier alpha value is -2.61. The van der Waals surface area contributed by atoms with Crippen LogP contribution in [0.5, 0.6) is 5.75 Å². The van der Waals surface area contributed by atoms with Crippen molar-refractivity contribution in [2.24, 2.45) is 22.7 Å². The highest BCUT2D eigenvalue weighted by atomic mass is 19.1. The van der Waals surface area contributed by atoms with Crippen LogP contribution in [-0.4, -0.2) is 63.9 Å². The highest BCUT2D eigenvalue weighted by Gasteiger charge is 2.43. The van der Waals surface area contributed by atoms with E-state index in [0.717, 1.165) is 37.3 Å². The minimum Gasteiger partial charge on any atom is -0.493 e. The SMILES string of the molecule is CC.COCC1=CNC(N2CCC([C@H]3C[C@H]3CCOc3ccc(CC(=O)OC)c(F)c3)CC2)=NC1. The first-order chi connectivity index (χ1) is 17.1. The molecule has 1 saturated heterocycles. The fraction of sp³-hybridized carbons (Fsp3) is 0.630. The monoisotopic (exact) mass is 489 g/mol. The molecule has 0 aromatic heterocycles. The second-order valence-corrected chi connectivity index (χ2v) is 9.15. The molecular weight excluding hydrogens is 449 g/mol. The van der Waals surface area contributed by atoms with Gasteiger partial charge in [0.2, 0.25) is 0 Å². The van der Waals surface area contributed by atoms with Gasteiger partial charge in [-0.05, 0) is 60.6 Å². The lowest BCUT2D eigenvalue weighted by Gasteiger charge is -2.35. The lowest BCUT2D eigenvalue weighted by Crippen LogP contribution is -2.45. The van der Waals surface area contributed by atoms with Crippen LogP contribution in [-0.2, 0) is 20.7 Å². The van der Waals surface area contributed by atoms with Crippen LogP contribution < -0.4 is 10.1 Å². The normalized spacial score (nSPS) is 21.7. The molecule has 194 valence electrons. The number of nitrogens with zero attached hydrogens (tertiary/aromatic N) is 2. The fourth-order valence-electron chi connectivity index (χ4n) is 4.94. The molecule has 2 atom stereocenters. The number of carbonyl (C=O) groups is 1. The summed E-state index contributed by atoms with van der Waals surface area (Å²) in [5.41, 5.74) is 1.49. The molecule has 0 bridgehead atoms. The van der Waals surface area contributed by atoms with E-state index in [9.17, 15) is 9.18 Å². The number of esters is 1. The number of aliphatic imine (C=N–C) groups is 1. The summed E-state index contributed by atoms with van der Waals surface area (Å²) in [5, 5.41) is 3.32. The Morgan fingerprint density at radius 2 is 2.00 bits per heavy atom. The zero-order valence-electron chi connectivity index (χ0n) is 21.5.